The summed E-state index contributed by atoms with van der Waals surface area (Å²) in [5.74, 6) is 0.286. The van der Waals surface area contributed by atoms with Crippen molar-refractivity contribution < 1.29 is 13.2 Å². The van der Waals surface area contributed by atoms with Crippen LogP contribution < -0.4 is 4.72 Å². The lowest BCUT2D eigenvalue weighted by Gasteiger charge is -2.29. The van der Waals surface area contributed by atoms with Crippen molar-refractivity contribution in [1.82, 2.24) is 19.2 Å². The van der Waals surface area contributed by atoms with Gasteiger partial charge in [0.15, 0.2) is 5.82 Å². The van der Waals surface area contributed by atoms with Gasteiger partial charge in [0.1, 0.15) is 0 Å². The normalized spacial score (nSPS) is 14.5. The first-order chi connectivity index (χ1) is 11.5. The molecule has 1 aromatic carbocycles. The van der Waals surface area contributed by atoms with Crippen LogP contribution in [0.15, 0.2) is 35.5 Å². The molecule has 1 amide bonds. The Balaban J connectivity index is 1.91. The second kappa shape index (κ2) is 6.37. The Morgan fingerprint density at radius 2 is 2.17 bits per heavy atom. The molecule has 2 heterocycles. The molecule has 3 rings (SSSR count). The summed E-state index contributed by atoms with van der Waals surface area (Å²) >= 11 is 0. The van der Waals surface area contributed by atoms with E-state index in [1.54, 1.807) is 34.0 Å². The lowest BCUT2D eigenvalue weighted by Crippen LogP contribution is -2.38. The highest BCUT2D eigenvalue weighted by atomic mass is 32.2. The SMILES string of the molecule is CCn1ccnc1C(=O)N1CCc2c(cccc2S(=O)(=O)NC)C1. The first-order valence-electron chi connectivity index (χ1n) is 7.82. The van der Waals surface area contributed by atoms with Crippen molar-refractivity contribution in [1.29, 1.82) is 0 Å². The summed E-state index contributed by atoms with van der Waals surface area (Å²) in [4.78, 5) is 18.9. The highest BCUT2D eigenvalue weighted by molar-refractivity contribution is 7.89. The summed E-state index contributed by atoms with van der Waals surface area (Å²) in [5, 5.41) is 0. The van der Waals surface area contributed by atoms with Crippen molar-refractivity contribution in [2.24, 2.45) is 0 Å². The molecule has 0 unspecified atom stereocenters. The zero-order chi connectivity index (χ0) is 17.3. The van der Waals surface area contributed by atoms with Crippen LogP contribution >= 0.6 is 0 Å². The number of sulfonamides is 1. The molecule has 7 nitrogen and oxygen atoms in total. The average molecular weight is 348 g/mol. The van der Waals surface area contributed by atoms with Crippen molar-refractivity contribution in [3.8, 4) is 0 Å². The summed E-state index contributed by atoms with van der Waals surface area (Å²) in [6.45, 7) is 3.49. The highest BCUT2D eigenvalue weighted by Crippen LogP contribution is 2.26. The van der Waals surface area contributed by atoms with Gasteiger partial charge in [-0.25, -0.2) is 18.1 Å². The van der Waals surface area contributed by atoms with Gasteiger partial charge in [-0.15, -0.1) is 0 Å². The van der Waals surface area contributed by atoms with E-state index >= 15 is 0 Å². The predicted molar refractivity (Wildman–Crippen MR) is 89.0 cm³/mol. The number of rotatable bonds is 4. The Morgan fingerprint density at radius 1 is 1.38 bits per heavy atom. The molecular formula is C16H20N4O3S. The van der Waals surface area contributed by atoms with E-state index in [1.807, 2.05) is 13.0 Å². The topological polar surface area (TPSA) is 84.3 Å². The third-order valence-electron chi connectivity index (χ3n) is 4.32. The Bertz CT molecular complexity index is 873. The van der Waals surface area contributed by atoms with E-state index < -0.39 is 10.0 Å². The fraction of sp³-hybridized carbons (Fsp3) is 0.375. The summed E-state index contributed by atoms with van der Waals surface area (Å²) in [6.07, 6.45) is 3.90. The van der Waals surface area contributed by atoms with Crippen molar-refractivity contribution in [2.75, 3.05) is 13.6 Å². The van der Waals surface area contributed by atoms with Crippen LogP contribution in [0.5, 0.6) is 0 Å². The van der Waals surface area contributed by atoms with E-state index in [2.05, 4.69) is 9.71 Å². The Kier molecular flexibility index (Phi) is 4.42. The quantitative estimate of drug-likeness (QED) is 0.894. The number of carbonyl (C=O) groups is 1. The molecule has 2 aromatic rings. The number of imidazole rings is 1. The average Bonchev–Trinajstić information content (AvgIpc) is 3.08. The number of nitrogens with one attached hydrogen (secondary N) is 1. The van der Waals surface area contributed by atoms with Crippen molar-refractivity contribution in [3.05, 3.63) is 47.5 Å². The summed E-state index contributed by atoms with van der Waals surface area (Å²) < 4.78 is 28.5. The zero-order valence-corrected chi connectivity index (χ0v) is 14.5. The summed E-state index contributed by atoms with van der Waals surface area (Å²) in [7, 11) is -2.10. The van der Waals surface area contributed by atoms with Gasteiger partial charge in [0, 0.05) is 32.0 Å². The summed E-state index contributed by atoms with van der Waals surface area (Å²) in [6, 6.07) is 5.19. The molecule has 1 aliphatic rings. The minimum atomic E-state index is -3.50. The van der Waals surface area contributed by atoms with Crippen LogP contribution in [0.25, 0.3) is 0 Å². The Morgan fingerprint density at radius 3 is 2.88 bits per heavy atom. The predicted octanol–water partition coefficient (Wildman–Crippen LogP) is 1.01. The van der Waals surface area contributed by atoms with E-state index in [4.69, 9.17) is 0 Å². The minimum Gasteiger partial charge on any atom is -0.331 e. The minimum absolute atomic E-state index is 0.130. The zero-order valence-electron chi connectivity index (χ0n) is 13.7. The molecule has 1 aromatic heterocycles. The maximum Gasteiger partial charge on any atom is 0.290 e. The number of hydrogen-bond donors (Lipinski definition) is 1. The molecule has 24 heavy (non-hydrogen) atoms. The fourth-order valence-electron chi connectivity index (χ4n) is 3.01. The van der Waals surface area contributed by atoms with Gasteiger partial charge in [-0.3, -0.25) is 4.79 Å². The number of aromatic nitrogens is 2. The molecule has 8 heteroatoms. The van der Waals surface area contributed by atoms with E-state index in [9.17, 15) is 13.2 Å². The fourth-order valence-corrected chi connectivity index (χ4v) is 4.05. The van der Waals surface area contributed by atoms with E-state index in [-0.39, 0.29) is 5.91 Å². The molecular weight excluding hydrogens is 328 g/mol. The van der Waals surface area contributed by atoms with E-state index in [0.29, 0.717) is 36.8 Å². The number of nitrogens with zero attached hydrogens (tertiary/aromatic N) is 3. The van der Waals surface area contributed by atoms with Gasteiger partial charge >= 0.3 is 0 Å². The molecule has 0 saturated carbocycles. The van der Waals surface area contributed by atoms with Gasteiger partial charge < -0.3 is 9.47 Å². The van der Waals surface area contributed by atoms with Crippen molar-refractivity contribution in [2.45, 2.75) is 31.3 Å². The van der Waals surface area contributed by atoms with Crippen LogP contribution in [-0.4, -0.2) is 42.4 Å². The van der Waals surface area contributed by atoms with Crippen molar-refractivity contribution in [3.63, 3.8) is 0 Å². The molecule has 0 bridgehead atoms. The lowest BCUT2D eigenvalue weighted by atomic mass is 9.99. The molecule has 0 atom stereocenters. The van der Waals surface area contributed by atoms with Gasteiger partial charge in [-0.1, -0.05) is 12.1 Å². The number of fused-ring (bicyclic) bond motifs is 1. The van der Waals surface area contributed by atoms with Gasteiger partial charge in [-0.2, -0.15) is 0 Å². The van der Waals surface area contributed by atoms with Gasteiger partial charge in [-0.05, 0) is 37.6 Å². The molecule has 0 saturated heterocycles. The highest BCUT2D eigenvalue weighted by Gasteiger charge is 2.28. The number of amides is 1. The molecule has 128 valence electrons. The molecule has 1 N–H and O–H groups in total. The Labute approximate surface area is 141 Å². The standard InChI is InChI=1S/C16H20N4O3S/c1-3-19-10-8-18-15(19)16(21)20-9-7-13-12(11-20)5-4-6-14(13)24(22,23)17-2/h4-6,8,10,17H,3,7,9,11H2,1-2H3. The van der Waals surface area contributed by atoms with E-state index in [0.717, 1.165) is 11.1 Å². The van der Waals surface area contributed by atoms with Crippen LogP contribution in [0.3, 0.4) is 0 Å². The van der Waals surface area contributed by atoms with Crippen LogP contribution in [0.1, 0.15) is 28.7 Å². The van der Waals surface area contributed by atoms with Crippen LogP contribution in [0.2, 0.25) is 0 Å². The van der Waals surface area contributed by atoms with Gasteiger partial charge in [0.2, 0.25) is 10.0 Å². The third-order valence-corrected chi connectivity index (χ3v) is 5.81. The third kappa shape index (κ3) is 2.83. The van der Waals surface area contributed by atoms with Gasteiger partial charge in [0.05, 0.1) is 4.90 Å². The monoisotopic (exact) mass is 348 g/mol. The van der Waals surface area contributed by atoms with Crippen molar-refractivity contribution >= 4 is 15.9 Å². The maximum atomic E-state index is 12.7. The number of carbonyl (C=O) groups excluding carboxylic acids is 1. The maximum absolute atomic E-state index is 12.7. The van der Waals surface area contributed by atoms with Crippen LogP contribution in [-0.2, 0) is 29.5 Å². The first kappa shape index (κ1) is 16.7. The number of aryl methyl sites for hydroxylation is 1. The lowest BCUT2D eigenvalue weighted by molar-refractivity contribution is 0.0716. The second-order valence-electron chi connectivity index (χ2n) is 5.61. The van der Waals surface area contributed by atoms with Crippen LogP contribution in [0, 0.1) is 0 Å². The molecule has 0 aliphatic carbocycles. The molecule has 0 radical (unpaired) electrons. The smallest absolute Gasteiger partial charge is 0.290 e. The molecule has 1 aliphatic heterocycles. The number of benzene rings is 1. The van der Waals surface area contributed by atoms with Gasteiger partial charge in [0.25, 0.3) is 5.91 Å². The first-order valence-corrected chi connectivity index (χ1v) is 9.31. The molecule has 0 fully saturated rings. The summed E-state index contributed by atoms with van der Waals surface area (Å²) in [5.41, 5.74) is 1.65. The number of hydrogen-bond acceptors (Lipinski definition) is 4. The van der Waals surface area contributed by atoms with Crippen LogP contribution in [0.4, 0.5) is 0 Å². The second-order valence-corrected chi connectivity index (χ2v) is 7.47. The Hall–Kier alpha value is -2.19. The molecule has 0 spiro atoms. The largest absolute Gasteiger partial charge is 0.331 e. The van der Waals surface area contributed by atoms with E-state index in [1.165, 1.54) is 7.05 Å².